The van der Waals surface area contributed by atoms with Crippen molar-refractivity contribution in [3.63, 3.8) is 0 Å². The van der Waals surface area contributed by atoms with Gasteiger partial charge in [-0.1, -0.05) is 36.4 Å². The van der Waals surface area contributed by atoms with E-state index in [1.807, 2.05) is 0 Å². The molecule has 0 N–H and O–H groups in total. The minimum Gasteiger partial charge on any atom is -0.462 e. The topological polar surface area (TPSA) is 97.8 Å². The highest BCUT2D eigenvalue weighted by Gasteiger charge is 2.16. The van der Waals surface area contributed by atoms with Gasteiger partial charge < -0.3 is 8.92 Å². The highest BCUT2D eigenvalue weighted by molar-refractivity contribution is 7.87. The SMILES string of the molecule is [C-]#[N+]c1ccc(S(=O)(=O)Oc2ccc(/C=C(/C#N)C(=O)OCC)cc2)cc1. The summed E-state index contributed by atoms with van der Waals surface area (Å²) in [5.74, 6) is -0.665. The second kappa shape index (κ2) is 8.65. The predicted octanol–water partition coefficient (Wildman–Crippen LogP) is 3.48. The molecular weight excluding hydrogens is 368 g/mol. The molecule has 0 radical (unpaired) electrons. The van der Waals surface area contributed by atoms with Crippen LogP contribution in [0.4, 0.5) is 5.69 Å². The van der Waals surface area contributed by atoms with Crippen LogP contribution in [0.15, 0.2) is 59.0 Å². The van der Waals surface area contributed by atoms with Crippen molar-refractivity contribution in [3.8, 4) is 11.8 Å². The molecule has 0 aliphatic heterocycles. The number of hydrogen-bond donors (Lipinski definition) is 0. The number of nitriles is 1. The molecule has 2 aromatic rings. The van der Waals surface area contributed by atoms with Crippen molar-refractivity contribution in [3.05, 3.63) is 71.1 Å². The zero-order valence-electron chi connectivity index (χ0n) is 14.2. The van der Waals surface area contributed by atoms with Crippen LogP contribution >= 0.6 is 0 Å². The first-order valence-corrected chi connectivity index (χ1v) is 9.11. The summed E-state index contributed by atoms with van der Waals surface area (Å²) in [7, 11) is -4.04. The molecule has 0 heterocycles. The Bertz CT molecular complexity index is 1040. The second-order valence-electron chi connectivity index (χ2n) is 5.10. The molecule has 0 atom stereocenters. The Hall–Kier alpha value is -3.62. The molecule has 7 nitrogen and oxygen atoms in total. The number of carbonyl (C=O) groups is 1. The van der Waals surface area contributed by atoms with E-state index in [2.05, 4.69) is 4.85 Å². The molecule has 2 aromatic carbocycles. The Balaban J connectivity index is 2.18. The molecule has 136 valence electrons. The summed E-state index contributed by atoms with van der Waals surface area (Å²) < 4.78 is 34.3. The normalized spacial score (nSPS) is 11.1. The first-order valence-electron chi connectivity index (χ1n) is 7.70. The van der Waals surface area contributed by atoms with Crippen LogP contribution in [0.3, 0.4) is 0 Å². The van der Waals surface area contributed by atoms with Crippen LogP contribution in [0.5, 0.6) is 5.75 Å². The van der Waals surface area contributed by atoms with Gasteiger partial charge in [0.25, 0.3) is 0 Å². The third kappa shape index (κ3) is 5.18. The fraction of sp³-hybridized carbons (Fsp3) is 0.105. The van der Waals surface area contributed by atoms with Gasteiger partial charge in [0.2, 0.25) is 0 Å². The number of nitrogens with zero attached hydrogens (tertiary/aromatic N) is 2. The summed E-state index contributed by atoms with van der Waals surface area (Å²) in [6, 6.07) is 12.9. The highest BCUT2D eigenvalue weighted by atomic mass is 32.2. The number of esters is 1. The van der Waals surface area contributed by atoms with Crippen LogP contribution in [0.2, 0.25) is 0 Å². The molecule has 0 bridgehead atoms. The van der Waals surface area contributed by atoms with Gasteiger partial charge in [-0.2, -0.15) is 13.7 Å². The zero-order valence-corrected chi connectivity index (χ0v) is 15.1. The first-order chi connectivity index (χ1) is 12.9. The number of rotatable bonds is 6. The van der Waals surface area contributed by atoms with Crippen molar-refractivity contribution in [2.75, 3.05) is 6.61 Å². The summed E-state index contributed by atoms with van der Waals surface area (Å²) in [4.78, 5) is 14.7. The minimum absolute atomic E-state index is 0.0658. The van der Waals surface area contributed by atoms with Gasteiger partial charge >= 0.3 is 16.1 Å². The Morgan fingerprint density at radius 1 is 1.19 bits per heavy atom. The number of benzene rings is 2. The Kier molecular flexibility index (Phi) is 6.32. The van der Waals surface area contributed by atoms with E-state index < -0.39 is 16.1 Å². The van der Waals surface area contributed by atoms with E-state index in [4.69, 9.17) is 20.8 Å². The summed E-state index contributed by atoms with van der Waals surface area (Å²) in [5, 5.41) is 9.01. The van der Waals surface area contributed by atoms with E-state index in [1.54, 1.807) is 13.0 Å². The molecule has 0 amide bonds. The van der Waals surface area contributed by atoms with Crippen molar-refractivity contribution in [1.29, 1.82) is 5.26 Å². The molecule has 0 saturated heterocycles. The average Bonchev–Trinajstić information content (AvgIpc) is 2.67. The third-order valence-corrected chi connectivity index (χ3v) is 4.53. The van der Waals surface area contributed by atoms with Gasteiger partial charge in [-0.3, -0.25) is 0 Å². The van der Waals surface area contributed by atoms with Gasteiger partial charge in [0.05, 0.1) is 13.2 Å². The molecular formula is C19H14N2O5S. The quantitative estimate of drug-likeness (QED) is 0.249. The molecule has 8 heteroatoms. The second-order valence-corrected chi connectivity index (χ2v) is 6.65. The van der Waals surface area contributed by atoms with Gasteiger partial charge in [-0.05, 0) is 30.7 Å². The standard InChI is InChI=1S/C19H14N2O5S/c1-3-25-19(22)15(13-20)12-14-4-8-17(9-5-14)26-27(23,24)18-10-6-16(21-2)7-11-18/h4-12H,3H2,1H3/b15-12-. The van der Waals surface area contributed by atoms with E-state index in [-0.39, 0.29) is 22.8 Å². The molecule has 0 aliphatic rings. The molecule has 0 spiro atoms. The average molecular weight is 382 g/mol. The summed E-state index contributed by atoms with van der Waals surface area (Å²) in [5.41, 5.74) is 0.656. The fourth-order valence-corrected chi connectivity index (χ4v) is 2.92. The number of hydrogen-bond acceptors (Lipinski definition) is 6. The van der Waals surface area contributed by atoms with E-state index in [0.29, 0.717) is 11.3 Å². The lowest BCUT2D eigenvalue weighted by atomic mass is 10.1. The molecule has 0 fully saturated rings. The Morgan fingerprint density at radius 2 is 1.81 bits per heavy atom. The number of ether oxygens (including phenoxy) is 1. The third-order valence-electron chi connectivity index (χ3n) is 3.27. The van der Waals surface area contributed by atoms with Crippen LogP contribution in [-0.2, 0) is 19.6 Å². The van der Waals surface area contributed by atoms with Crippen LogP contribution in [0.1, 0.15) is 12.5 Å². The van der Waals surface area contributed by atoms with Crippen molar-refractivity contribution in [1.82, 2.24) is 0 Å². The Labute approximate surface area is 157 Å². The zero-order chi connectivity index (χ0) is 19.9. The molecule has 0 aliphatic carbocycles. The molecule has 27 heavy (non-hydrogen) atoms. The van der Waals surface area contributed by atoms with Crippen molar-refractivity contribution in [2.45, 2.75) is 11.8 Å². The Morgan fingerprint density at radius 3 is 2.33 bits per heavy atom. The maximum Gasteiger partial charge on any atom is 0.348 e. The first kappa shape index (κ1) is 19.7. The van der Waals surface area contributed by atoms with Crippen LogP contribution in [0.25, 0.3) is 10.9 Å². The van der Waals surface area contributed by atoms with Gasteiger partial charge in [0.15, 0.2) is 5.69 Å². The lowest BCUT2D eigenvalue weighted by Crippen LogP contribution is -2.09. The minimum atomic E-state index is -4.04. The molecule has 2 rings (SSSR count). The maximum atomic E-state index is 12.3. The van der Waals surface area contributed by atoms with E-state index in [0.717, 1.165) is 0 Å². The van der Waals surface area contributed by atoms with E-state index >= 15 is 0 Å². The predicted molar refractivity (Wildman–Crippen MR) is 97.2 cm³/mol. The van der Waals surface area contributed by atoms with Crippen LogP contribution in [-0.4, -0.2) is 21.0 Å². The smallest absolute Gasteiger partial charge is 0.348 e. The van der Waals surface area contributed by atoms with Gasteiger partial charge in [0.1, 0.15) is 22.3 Å². The van der Waals surface area contributed by atoms with Gasteiger partial charge in [-0.25, -0.2) is 9.64 Å². The molecule has 0 unspecified atom stereocenters. The van der Waals surface area contributed by atoms with E-state index in [1.165, 1.54) is 54.6 Å². The van der Waals surface area contributed by atoms with Crippen LogP contribution < -0.4 is 4.18 Å². The van der Waals surface area contributed by atoms with Crippen molar-refractivity contribution in [2.24, 2.45) is 0 Å². The van der Waals surface area contributed by atoms with Crippen LogP contribution in [0, 0.1) is 17.9 Å². The monoisotopic (exact) mass is 382 g/mol. The van der Waals surface area contributed by atoms with Gasteiger partial charge in [0, 0.05) is 0 Å². The summed E-state index contributed by atoms with van der Waals surface area (Å²) >= 11 is 0. The van der Waals surface area contributed by atoms with Crippen molar-refractivity contribution >= 4 is 27.9 Å². The molecule has 0 saturated carbocycles. The van der Waals surface area contributed by atoms with E-state index in [9.17, 15) is 13.2 Å². The summed E-state index contributed by atoms with van der Waals surface area (Å²) in [6.45, 7) is 8.66. The highest BCUT2D eigenvalue weighted by Crippen LogP contribution is 2.22. The molecule has 0 aromatic heterocycles. The number of carbonyl (C=O) groups excluding carboxylic acids is 1. The summed E-state index contributed by atoms with van der Waals surface area (Å²) in [6.07, 6.45) is 1.33. The largest absolute Gasteiger partial charge is 0.462 e. The van der Waals surface area contributed by atoms with Crippen molar-refractivity contribution < 1.29 is 22.1 Å². The van der Waals surface area contributed by atoms with Gasteiger partial charge in [-0.15, -0.1) is 0 Å². The fourth-order valence-electron chi connectivity index (χ4n) is 1.99. The lowest BCUT2D eigenvalue weighted by Gasteiger charge is -2.07. The lowest BCUT2D eigenvalue weighted by molar-refractivity contribution is -0.137. The maximum absolute atomic E-state index is 12.3.